The van der Waals surface area contributed by atoms with Gasteiger partial charge in [0.1, 0.15) is 12.7 Å². The Morgan fingerprint density at radius 3 is 2.48 bits per heavy atom. The highest BCUT2D eigenvalue weighted by Crippen LogP contribution is 2.40. The predicted molar refractivity (Wildman–Crippen MR) is 95.7 cm³/mol. The number of imidazole rings is 1. The van der Waals surface area contributed by atoms with Gasteiger partial charge in [-0.05, 0) is 24.6 Å². The van der Waals surface area contributed by atoms with Gasteiger partial charge in [-0.2, -0.15) is 18.3 Å². The number of alkyl halides is 3. The molecule has 0 spiro atoms. The molecule has 2 atom stereocenters. The molecule has 0 radical (unpaired) electrons. The number of aromatic nitrogens is 5. The third-order valence-corrected chi connectivity index (χ3v) is 4.53. The quantitative estimate of drug-likeness (QED) is 0.650. The monoisotopic (exact) mass is 408 g/mol. The van der Waals surface area contributed by atoms with Crippen molar-refractivity contribution < 1.29 is 23.1 Å². The van der Waals surface area contributed by atoms with E-state index in [-0.39, 0.29) is 0 Å². The lowest BCUT2D eigenvalue weighted by molar-refractivity contribution is -0.271. The largest absolute Gasteiger partial charge is 0.425 e. The van der Waals surface area contributed by atoms with E-state index in [1.807, 2.05) is 0 Å². The molecular formula is C18H19F3N6O2. The first-order valence-corrected chi connectivity index (χ1v) is 8.63. The zero-order valence-corrected chi connectivity index (χ0v) is 15.6. The number of amides is 1. The molecule has 1 aromatic carbocycles. The average molecular weight is 408 g/mol. The molecule has 154 valence electrons. The summed E-state index contributed by atoms with van der Waals surface area (Å²) in [5.41, 5.74) is -1.98. The number of carbonyl (C=O) groups excluding carboxylic acids is 1. The number of nitrogens with zero attached hydrogens (tertiary/aromatic N) is 5. The molecule has 2 heterocycles. The van der Waals surface area contributed by atoms with Crippen LogP contribution in [0.2, 0.25) is 0 Å². The molecule has 8 nitrogen and oxygen atoms in total. The highest BCUT2D eigenvalue weighted by molar-refractivity contribution is 5.77. The summed E-state index contributed by atoms with van der Waals surface area (Å²) in [6.07, 6.45) is -0.975. The van der Waals surface area contributed by atoms with Crippen LogP contribution in [-0.4, -0.2) is 41.5 Å². The van der Waals surface area contributed by atoms with Crippen LogP contribution in [0.25, 0.3) is 5.69 Å². The van der Waals surface area contributed by atoms with Gasteiger partial charge < -0.3 is 15.0 Å². The Hall–Kier alpha value is -3.21. The van der Waals surface area contributed by atoms with Gasteiger partial charge in [0.15, 0.2) is 5.82 Å². The number of aryl methyl sites for hydroxylation is 1. The van der Waals surface area contributed by atoms with E-state index in [4.69, 9.17) is 0 Å². The summed E-state index contributed by atoms with van der Waals surface area (Å²) >= 11 is 0. The molecule has 11 heteroatoms. The normalized spacial score (nSPS) is 15.0. The molecule has 0 aliphatic carbocycles. The van der Waals surface area contributed by atoms with Crippen LogP contribution in [0.5, 0.6) is 0 Å². The minimum absolute atomic E-state index is 0.578. The Bertz CT molecular complexity index is 968. The van der Waals surface area contributed by atoms with Crippen LogP contribution >= 0.6 is 0 Å². The Kier molecular flexibility index (Phi) is 5.42. The van der Waals surface area contributed by atoms with Gasteiger partial charge in [0.05, 0.1) is 18.2 Å². The Labute approximate surface area is 164 Å². The smallest absolute Gasteiger partial charge is 0.374 e. The fourth-order valence-corrected chi connectivity index (χ4v) is 2.94. The molecule has 0 aliphatic heterocycles. The number of carbonyl (C=O) groups is 1. The molecule has 29 heavy (non-hydrogen) atoms. The SMILES string of the molecule is CC(NC(=O)CC(O)(c1nccn1C)C(F)(F)F)c1ccc(-n2cncn2)cc1. The van der Waals surface area contributed by atoms with Gasteiger partial charge >= 0.3 is 6.18 Å². The molecule has 2 unspecified atom stereocenters. The average Bonchev–Trinajstić information content (AvgIpc) is 3.32. The second kappa shape index (κ2) is 7.66. The number of halogens is 3. The van der Waals surface area contributed by atoms with Crippen molar-refractivity contribution in [1.29, 1.82) is 0 Å². The fourth-order valence-electron chi connectivity index (χ4n) is 2.94. The van der Waals surface area contributed by atoms with Crippen LogP contribution in [0.3, 0.4) is 0 Å². The number of aliphatic hydroxyl groups is 1. The van der Waals surface area contributed by atoms with E-state index >= 15 is 0 Å². The van der Waals surface area contributed by atoms with Gasteiger partial charge in [-0.1, -0.05) is 12.1 Å². The highest BCUT2D eigenvalue weighted by atomic mass is 19.4. The lowest BCUT2D eigenvalue weighted by Crippen LogP contribution is -2.48. The van der Waals surface area contributed by atoms with Crippen LogP contribution in [-0.2, 0) is 17.4 Å². The van der Waals surface area contributed by atoms with Crippen LogP contribution < -0.4 is 5.32 Å². The van der Waals surface area contributed by atoms with Crippen molar-refractivity contribution in [3.63, 3.8) is 0 Å². The van der Waals surface area contributed by atoms with Crippen molar-refractivity contribution >= 4 is 5.91 Å². The first kappa shape index (κ1) is 20.5. The van der Waals surface area contributed by atoms with Crippen molar-refractivity contribution in [3.8, 4) is 5.69 Å². The van der Waals surface area contributed by atoms with E-state index in [0.29, 0.717) is 5.56 Å². The van der Waals surface area contributed by atoms with E-state index < -0.39 is 36.0 Å². The predicted octanol–water partition coefficient (Wildman–Crippen LogP) is 2.02. The molecular weight excluding hydrogens is 389 g/mol. The van der Waals surface area contributed by atoms with Crippen molar-refractivity contribution in [3.05, 3.63) is 60.7 Å². The van der Waals surface area contributed by atoms with Gasteiger partial charge in [-0.25, -0.2) is 14.6 Å². The minimum Gasteiger partial charge on any atom is -0.374 e. The lowest BCUT2D eigenvalue weighted by Gasteiger charge is -2.29. The molecule has 0 aliphatic rings. The summed E-state index contributed by atoms with van der Waals surface area (Å²) in [6, 6.07) is 6.35. The molecule has 3 aromatic rings. The van der Waals surface area contributed by atoms with Gasteiger partial charge in [-0.3, -0.25) is 4.79 Å². The summed E-state index contributed by atoms with van der Waals surface area (Å²) in [7, 11) is 1.32. The van der Waals surface area contributed by atoms with Gasteiger partial charge in [-0.15, -0.1) is 0 Å². The van der Waals surface area contributed by atoms with Gasteiger partial charge in [0.2, 0.25) is 11.5 Å². The maximum atomic E-state index is 13.6. The third-order valence-electron chi connectivity index (χ3n) is 4.53. The van der Waals surface area contributed by atoms with Crippen LogP contribution in [0.1, 0.15) is 30.8 Å². The standard InChI is InChI=1S/C18H19F3N6O2/c1-12(13-3-5-14(6-4-13)27-11-22-10-24-27)25-15(28)9-17(29,18(19,20)21)16-23-7-8-26(16)2/h3-8,10-12,29H,9H2,1-2H3,(H,25,28). The number of rotatable bonds is 6. The number of hydrogen-bond acceptors (Lipinski definition) is 5. The third kappa shape index (κ3) is 4.14. The molecule has 2 N–H and O–H groups in total. The van der Waals surface area contributed by atoms with Crippen molar-refractivity contribution in [2.24, 2.45) is 7.05 Å². The first-order valence-electron chi connectivity index (χ1n) is 8.63. The topological polar surface area (TPSA) is 97.9 Å². The van der Waals surface area contributed by atoms with Gasteiger partial charge in [0, 0.05) is 19.4 Å². The maximum absolute atomic E-state index is 13.6. The van der Waals surface area contributed by atoms with E-state index in [1.165, 1.54) is 25.9 Å². The fraction of sp³-hybridized carbons (Fsp3) is 0.333. The van der Waals surface area contributed by atoms with E-state index in [9.17, 15) is 23.1 Å². The van der Waals surface area contributed by atoms with E-state index in [0.717, 1.165) is 16.5 Å². The molecule has 0 fully saturated rings. The Morgan fingerprint density at radius 2 is 1.97 bits per heavy atom. The summed E-state index contributed by atoms with van der Waals surface area (Å²) < 4.78 is 43.2. The minimum atomic E-state index is -5.08. The van der Waals surface area contributed by atoms with E-state index in [2.05, 4.69) is 20.4 Å². The van der Waals surface area contributed by atoms with Crippen molar-refractivity contribution in [2.45, 2.75) is 31.2 Å². The highest BCUT2D eigenvalue weighted by Gasteiger charge is 2.58. The molecule has 0 bridgehead atoms. The number of nitrogens with one attached hydrogen (secondary N) is 1. The van der Waals surface area contributed by atoms with Crippen LogP contribution in [0.4, 0.5) is 13.2 Å². The molecule has 3 rings (SSSR count). The number of hydrogen-bond donors (Lipinski definition) is 2. The zero-order chi connectivity index (χ0) is 21.2. The Morgan fingerprint density at radius 1 is 1.28 bits per heavy atom. The molecule has 0 saturated heterocycles. The lowest BCUT2D eigenvalue weighted by atomic mass is 9.96. The molecule has 0 saturated carbocycles. The van der Waals surface area contributed by atoms with Crippen LogP contribution in [0, 0.1) is 0 Å². The second-order valence-corrected chi connectivity index (χ2v) is 6.62. The van der Waals surface area contributed by atoms with Crippen molar-refractivity contribution in [2.75, 3.05) is 0 Å². The maximum Gasteiger partial charge on any atom is 0.425 e. The zero-order valence-electron chi connectivity index (χ0n) is 15.6. The first-order chi connectivity index (χ1) is 13.6. The van der Waals surface area contributed by atoms with E-state index in [1.54, 1.807) is 35.9 Å². The summed E-state index contributed by atoms with van der Waals surface area (Å²) in [5.74, 6) is -1.61. The van der Waals surface area contributed by atoms with Crippen LogP contribution in [0.15, 0.2) is 49.3 Å². The molecule has 2 aromatic heterocycles. The molecule has 1 amide bonds. The summed E-state index contributed by atoms with van der Waals surface area (Å²) in [4.78, 5) is 19.7. The summed E-state index contributed by atoms with van der Waals surface area (Å²) in [5, 5.41) is 16.8. The second-order valence-electron chi connectivity index (χ2n) is 6.62. The van der Waals surface area contributed by atoms with Gasteiger partial charge in [0.25, 0.3) is 0 Å². The Balaban J connectivity index is 1.72. The number of benzene rings is 1. The van der Waals surface area contributed by atoms with Crippen molar-refractivity contribution in [1.82, 2.24) is 29.6 Å². The summed E-state index contributed by atoms with van der Waals surface area (Å²) in [6.45, 7) is 1.63.